The van der Waals surface area contributed by atoms with E-state index in [0.717, 1.165) is 16.5 Å². The van der Waals surface area contributed by atoms with Crippen molar-refractivity contribution >= 4 is 34.1 Å². The monoisotopic (exact) mass is 328 g/mol. The van der Waals surface area contributed by atoms with Crippen LogP contribution in [0.2, 0.25) is 0 Å². The molecule has 1 amide bonds. The lowest BCUT2D eigenvalue weighted by atomic mass is 10.1. The number of amides is 1. The van der Waals surface area contributed by atoms with Gasteiger partial charge in [-0.25, -0.2) is 4.79 Å². The molecule has 0 radical (unpaired) electrons. The minimum atomic E-state index is -0.466. The predicted molar refractivity (Wildman–Crippen MR) is 89.6 cm³/mol. The number of rotatable bonds is 6. The van der Waals surface area contributed by atoms with Crippen molar-refractivity contribution in [3.63, 3.8) is 0 Å². The van der Waals surface area contributed by atoms with Crippen LogP contribution in [0.15, 0.2) is 48.0 Å². The molecule has 0 unspecified atom stereocenters. The molecule has 0 aliphatic rings. The van der Waals surface area contributed by atoms with E-state index < -0.39 is 5.97 Å². The van der Waals surface area contributed by atoms with Crippen molar-refractivity contribution in [3.8, 4) is 0 Å². The molecule has 0 aliphatic heterocycles. The Labute approximate surface area is 137 Å². The molecule has 0 bridgehead atoms. The highest BCUT2D eigenvalue weighted by molar-refractivity contribution is 7.11. The first-order valence-electron chi connectivity index (χ1n) is 7.26. The summed E-state index contributed by atoms with van der Waals surface area (Å²) in [7, 11) is 0. The first kappa shape index (κ1) is 15.3. The Balaban J connectivity index is 1.43. The summed E-state index contributed by atoms with van der Waals surface area (Å²) < 4.78 is 4.96. The Morgan fingerprint density at radius 3 is 2.87 bits per heavy atom. The number of ether oxygens (including phenoxy) is 1. The van der Waals surface area contributed by atoms with Crippen LogP contribution in [-0.2, 0) is 16.0 Å². The average Bonchev–Trinajstić information content (AvgIpc) is 3.23. The lowest BCUT2D eigenvalue weighted by Crippen LogP contribution is -2.30. The fourth-order valence-corrected chi connectivity index (χ4v) is 2.94. The molecule has 6 heteroatoms. The number of hydrogen-bond donors (Lipinski definition) is 2. The van der Waals surface area contributed by atoms with Crippen LogP contribution in [0.4, 0.5) is 0 Å². The molecule has 1 aromatic carbocycles. The van der Waals surface area contributed by atoms with Gasteiger partial charge in [0.15, 0.2) is 6.61 Å². The van der Waals surface area contributed by atoms with E-state index in [9.17, 15) is 9.59 Å². The van der Waals surface area contributed by atoms with Gasteiger partial charge in [0.1, 0.15) is 4.88 Å². The topological polar surface area (TPSA) is 71.2 Å². The number of aromatic nitrogens is 1. The Morgan fingerprint density at radius 2 is 2.04 bits per heavy atom. The number of carbonyl (C=O) groups excluding carboxylic acids is 2. The third kappa shape index (κ3) is 3.78. The standard InChI is InChI=1S/C17H16N2O3S/c20-16(11-22-17(21)15-6-3-9-23-15)18-8-7-12-10-19-14-5-2-1-4-13(12)14/h1-6,9-10,19H,7-8,11H2,(H,18,20). The smallest absolute Gasteiger partial charge is 0.348 e. The number of carbonyl (C=O) groups is 2. The molecule has 2 N–H and O–H groups in total. The number of esters is 1. The van der Waals surface area contributed by atoms with Crippen molar-refractivity contribution in [1.29, 1.82) is 0 Å². The van der Waals surface area contributed by atoms with Gasteiger partial charge in [-0.2, -0.15) is 0 Å². The van der Waals surface area contributed by atoms with Crippen molar-refractivity contribution in [2.75, 3.05) is 13.2 Å². The lowest BCUT2D eigenvalue weighted by Gasteiger charge is -2.05. The van der Waals surface area contributed by atoms with Crippen molar-refractivity contribution in [2.45, 2.75) is 6.42 Å². The van der Waals surface area contributed by atoms with Crippen LogP contribution in [0.5, 0.6) is 0 Å². The van der Waals surface area contributed by atoms with Gasteiger partial charge in [-0.05, 0) is 29.5 Å². The summed E-state index contributed by atoms with van der Waals surface area (Å²) in [6, 6.07) is 11.5. The second-order valence-corrected chi connectivity index (χ2v) is 5.96. The Morgan fingerprint density at radius 1 is 1.17 bits per heavy atom. The van der Waals surface area contributed by atoms with Gasteiger partial charge in [-0.1, -0.05) is 24.3 Å². The van der Waals surface area contributed by atoms with E-state index in [1.54, 1.807) is 17.5 Å². The molecule has 0 saturated carbocycles. The highest BCUT2D eigenvalue weighted by Crippen LogP contribution is 2.17. The summed E-state index contributed by atoms with van der Waals surface area (Å²) in [5, 5.41) is 5.71. The molecule has 2 heterocycles. The molecular weight excluding hydrogens is 312 g/mol. The minimum Gasteiger partial charge on any atom is -0.451 e. The molecular formula is C17H16N2O3S. The molecule has 0 spiro atoms. The van der Waals surface area contributed by atoms with E-state index in [0.29, 0.717) is 17.8 Å². The highest BCUT2D eigenvalue weighted by atomic mass is 32.1. The molecule has 23 heavy (non-hydrogen) atoms. The van der Waals surface area contributed by atoms with Crippen LogP contribution >= 0.6 is 11.3 Å². The summed E-state index contributed by atoms with van der Waals surface area (Å²) in [6.07, 6.45) is 2.67. The van der Waals surface area contributed by atoms with Gasteiger partial charge in [-0.3, -0.25) is 4.79 Å². The fraction of sp³-hybridized carbons (Fsp3) is 0.176. The predicted octanol–water partition coefficient (Wildman–Crippen LogP) is 2.75. The van der Waals surface area contributed by atoms with E-state index in [-0.39, 0.29) is 12.5 Å². The second kappa shape index (κ2) is 7.11. The quantitative estimate of drug-likeness (QED) is 0.684. The number of nitrogens with one attached hydrogen (secondary N) is 2. The molecule has 2 aromatic heterocycles. The molecule has 0 atom stereocenters. The summed E-state index contributed by atoms with van der Waals surface area (Å²) in [5.41, 5.74) is 2.23. The maximum absolute atomic E-state index is 11.7. The highest BCUT2D eigenvalue weighted by Gasteiger charge is 2.10. The second-order valence-electron chi connectivity index (χ2n) is 5.01. The third-order valence-corrected chi connectivity index (χ3v) is 4.30. The normalized spacial score (nSPS) is 10.6. The molecule has 5 nitrogen and oxygen atoms in total. The van der Waals surface area contributed by atoms with Gasteiger partial charge in [0.2, 0.25) is 0 Å². The fourth-order valence-electron chi connectivity index (χ4n) is 2.32. The van der Waals surface area contributed by atoms with Crippen LogP contribution in [-0.4, -0.2) is 30.0 Å². The average molecular weight is 328 g/mol. The van der Waals surface area contributed by atoms with E-state index in [1.807, 2.05) is 30.5 Å². The van der Waals surface area contributed by atoms with Crippen LogP contribution in [0.1, 0.15) is 15.2 Å². The SMILES string of the molecule is O=C(COC(=O)c1cccs1)NCCc1c[nH]c2ccccc12. The molecule has 3 rings (SSSR count). The van der Waals surface area contributed by atoms with Crippen LogP contribution in [0.25, 0.3) is 10.9 Å². The maximum Gasteiger partial charge on any atom is 0.348 e. The Hall–Kier alpha value is -2.60. The third-order valence-electron chi connectivity index (χ3n) is 3.45. The van der Waals surface area contributed by atoms with Gasteiger partial charge >= 0.3 is 5.97 Å². The first-order valence-corrected chi connectivity index (χ1v) is 8.14. The van der Waals surface area contributed by atoms with Gasteiger partial charge in [0.25, 0.3) is 5.91 Å². The van der Waals surface area contributed by atoms with E-state index >= 15 is 0 Å². The largest absolute Gasteiger partial charge is 0.451 e. The lowest BCUT2D eigenvalue weighted by molar-refractivity contribution is -0.124. The molecule has 0 saturated heterocycles. The van der Waals surface area contributed by atoms with Gasteiger partial charge in [-0.15, -0.1) is 11.3 Å². The summed E-state index contributed by atoms with van der Waals surface area (Å²) in [4.78, 5) is 27.0. The van der Waals surface area contributed by atoms with Crippen LogP contribution in [0.3, 0.4) is 0 Å². The van der Waals surface area contributed by atoms with Gasteiger partial charge in [0.05, 0.1) is 0 Å². The van der Waals surface area contributed by atoms with E-state index in [4.69, 9.17) is 4.74 Å². The minimum absolute atomic E-state index is 0.259. The summed E-state index contributed by atoms with van der Waals surface area (Å²) >= 11 is 1.29. The first-order chi connectivity index (χ1) is 11.2. The van der Waals surface area contributed by atoms with Crippen molar-refractivity contribution in [3.05, 3.63) is 58.4 Å². The number of fused-ring (bicyclic) bond motifs is 1. The van der Waals surface area contributed by atoms with Crippen molar-refractivity contribution < 1.29 is 14.3 Å². The number of hydrogen-bond acceptors (Lipinski definition) is 4. The van der Waals surface area contributed by atoms with Crippen LogP contribution < -0.4 is 5.32 Å². The molecule has 0 aliphatic carbocycles. The number of aromatic amines is 1. The summed E-state index contributed by atoms with van der Waals surface area (Å²) in [5.74, 6) is -0.762. The molecule has 118 valence electrons. The molecule has 3 aromatic rings. The maximum atomic E-state index is 11.7. The van der Waals surface area contributed by atoms with Crippen molar-refractivity contribution in [2.24, 2.45) is 0 Å². The zero-order valence-electron chi connectivity index (χ0n) is 12.4. The Bertz CT molecular complexity index is 808. The van der Waals surface area contributed by atoms with Gasteiger partial charge < -0.3 is 15.0 Å². The number of thiophene rings is 1. The summed E-state index contributed by atoms with van der Waals surface area (Å²) in [6.45, 7) is 0.238. The van der Waals surface area contributed by atoms with Gasteiger partial charge in [0, 0.05) is 23.6 Å². The number of para-hydroxylation sites is 1. The van der Waals surface area contributed by atoms with E-state index in [1.165, 1.54) is 11.3 Å². The Kier molecular flexibility index (Phi) is 4.73. The van der Waals surface area contributed by atoms with E-state index in [2.05, 4.69) is 10.3 Å². The zero-order valence-corrected chi connectivity index (χ0v) is 13.2. The number of benzene rings is 1. The zero-order chi connectivity index (χ0) is 16.1. The van der Waals surface area contributed by atoms with Crippen molar-refractivity contribution in [1.82, 2.24) is 10.3 Å². The molecule has 0 fully saturated rings. The number of H-pyrrole nitrogens is 1. The van der Waals surface area contributed by atoms with Crippen LogP contribution in [0, 0.1) is 0 Å².